The number of carbonyl (C=O) groups excluding carboxylic acids is 1. The number of amides is 1. The Morgan fingerprint density at radius 3 is 2.50 bits per heavy atom. The molecule has 0 atom stereocenters. The van der Waals surface area contributed by atoms with Crippen LogP contribution in [0.1, 0.15) is 21.5 Å². The van der Waals surface area contributed by atoms with Gasteiger partial charge in [-0.1, -0.05) is 18.2 Å². The minimum atomic E-state index is -3.30. The van der Waals surface area contributed by atoms with Crippen LogP contribution in [-0.2, 0) is 9.84 Å². The van der Waals surface area contributed by atoms with Crippen LogP contribution in [0.4, 0.5) is 5.69 Å². The summed E-state index contributed by atoms with van der Waals surface area (Å²) in [6.45, 7) is 4.14. The summed E-state index contributed by atoms with van der Waals surface area (Å²) < 4.78 is 24.3. The van der Waals surface area contributed by atoms with Crippen molar-refractivity contribution in [3.8, 4) is 0 Å². The molecule has 0 fully saturated rings. The zero-order valence-electron chi connectivity index (χ0n) is 12.5. The molecule has 0 aliphatic carbocycles. The second-order valence-corrected chi connectivity index (χ2v) is 7.62. The number of hydrogen-bond donors (Lipinski definition) is 0. The molecule has 114 valence electrons. The van der Waals surface area contributed by atoms with Crippen LogP contribution in [0, 0.1) is 13.8 Å². The molecule has 1 aliphatic rings. The lowest BCUT2D eigenvalue weighted by Gasteiger charge is -2.29. The molecule has 0 aromatic heterocycles. The van der Waals surface area contributed by atoms with Gasteiger partial charge in [-0.2, -0.15) is 0 Å². The van der Waals surface area contributed by atoms with Gasteiger partial charge < -0.3 is 4.90 Å². The highest BCUT2D eigenvalue weighted by molar-refractivity contribution is 7.91. The quantitative estimate of drug-likeness (QED) is 0.813. The molecular weight excluding hydrogens is 298 g/mol. The fourth-order valence-electron chi connectivity index (χ4n) is 2.63. The number of benzene rings is 2. The first-order valence-corrected chi connectivity index (χ1v) is 8.76. The summed E-state index contributed by atoms with van der Waals surface area (Å²) in [5, 5.41) is 0. The fraction of sp³-hybridized carbons (Fsp3) is 0.235. The number of fused-ring (bicyclic) bond motifs is 1. The SMILES string of the molecule is Cc1ccc(C(=O)N2CCS(=O)(=O)c3ccccc32)cc1C. The molecule has 1 amide bonds. The molecule has 0 N–H and O–H groups in total. The van der Waals surface area contributed by atoms with E-state index in [1.54, 1.807) is 35.2 Å². The van der Waals surface area contributed by atoms with E-state index in [0.717, 1.165) is 11.1 Å². The van der Waals surface area contributed by atoms with Crippen molar-refractivity contribution in [3.05, 3.63) is 59.2 Å². The average Bonchev–Trinajstić information content (AvgIpc) is 2.50. The third-order valence-corrected chi connectivity index (χ3v) is 5.81. The Morgan fingerprint density at radius 1 is 1.05 bits per heavy atom. The van der Waals surface area contributed by atoms with Gasteiger partial charge in [-0.05, 0) is 49.2 Å². The molecular formula is C17H17NO3S. The molecule has 2 aromatic rings. The van der Waals surface area contributed by atoms with Crippen molar-refractivity contribution in [1.82, 2.24) is 0 Å². The highest BCUT2D eigenvalue weighted by Gasteiger charge is 2.31. The van der Waals surface area contributed by atoms with Gasteiger partial charge in [0.2, 0.25) is 0 Å². The second-order valence-electron chi connectivity index (χ2n) is 5.54. The molecule has 0 saturated carbocycles. The van der Waals surface area contributed by atoms with Gasteiger partial charge in [0.25, 0.3) is 5.91 Å². The number of rotatable bonds is 1. The molecule has 3 rings (SSSR count). The van der Waals surface area contributed by atoms with E-state index in [1.807, 2.05) is 26.0 Å². The van der Waals surface area contributed by atoms with Crippen LogP contribution in [0.25, 0.3) is 0 Å². The lowest BCUT2D eigenvalue weighted by atomic mass is 10.1. The smallest absolute Gasteiger partial charge is 0.258 e. The molecule has 0 radical (unpaired) electrons. The summed E-state index contributed by atoms with van der Waals surface area (Å²) in [6, 6.07) is 12.2. The van der Waals surface area contributed by atoms with E-state index in [2.05, 4.69) is 0 Å². The van der Waals surface area contributed by atoms with E-state index in [0.29, 0.717) is 11.3 Å². The first-order chi connectivity index (χ1) is 10.4. The first kappa shape index (κ1) is 14.8. The Labute approximate surface area is 130 Å². The molecule has 5 heteroatoms. The van der Waals surface area contributed by atoms with Crippen molar-refractivity contribution >= 4 is 21.4 Å². The van der Waals surface area contributed by atoms with Gasteiger partial charge in [0.15, 0.2) is 9.84 Å². The van der Waals surface area contributed by atoms with Gasteiger partial charge in [0.1, 0.15) is 0 Å². The zero-order chi connectivity index (χ0) is 15.9. The lowest BCUT2D eigenvalue weighted by molar-refractivity contribution is 0.0987. The van der Waals surface area contributed by atoms with Gasteiger partial charge in [-0.25, -0.2) is 8.42 Å². The molecule has 0 unspecified atom stereocenters. The summed E-state index contributed by atoms with van der Waals surface area (Å²) in [6.07, 6.45) is 0. The molecule has 0 bridgehead atoms. The number of nitrogens with zero attached hydrogens (tertiary/aromatic N) is 1. The first-order valence-electron chi connectivity index (χ1n) is 7.11. The van der Waals surface area contributed by atoms with E-state index < -0.39 is 9.84 Å². The van der Waals surface area contributed by atoms with Crippen LogP contribution in [-0.4, -0.2) is 26.6 Å². The average molecular weight is 315 g/mol. The fourth-order valence-corrected chi connectivity index (χ4v) is 4.05. The van der Waals surface area contributed by atoms with Crippen LogP contribution in [0.3, 0.4) is 0 Å². The molecule has 0 saturated heterocycles. The predicted octanol–water partition coefficient (Wildman–Crippen LogP) is 2.74. The maximum atomic E-state index is 12.8. The maximum Gasteiger partial charge on any atom is 0.258 e. The second kappa shape index (κ2) is 5.25. The summed E-state index contributed by atoms with van der Waals surface area (Å²) in [5.41, 5.74) is 3.22. The van der Waals surface area contributed by atoms with Crippen molar-refractivity contribution in [2.75, 3.05) is 17.2 Å². The van der Waals surface area contributed by atoms with Crippen molar-refractivity contribution in [2.24, 2.45) is 0 Å². The number of carbonyl (C=O) groups is 1. The third-order valence-electron chi connectivity index (χ3n) is 4.07. The normalized spacial score (nSPS) is 16.2. The van der Waals surface area contributed by atoms with Gasteiger partial charge >= 0.3 is 0 Å². The Hall–Kier alpha value is -2.14. The molecule has 4 nitrogen and oxygen atoms in total. The Bertz CT molecular complexity index is 856. The highest BCUT2D eigenvalue weighted by Crippen LogP contribution is 2.31. The van der Waals surface area contributed by atoms with Crippen LogP contribution < -0.4 is 4.90 Å². The standard InChI is InChI=1S/C17H17NO3S/c1-12-7-8-14(11-13(12)2)17(19)18-9-10-22(20,21)16-6-4-3-5-15(16)18/h3-8,11H,9-10H2,1-2H3. The van der Waals surface area contributed by atoms with Gasteiger partial charge in [-0.3, -0.25) is 4.79 Å². The summed E-state index contributed by atoms with van der Waals surface area (Å²) >= 11 is 0. The van der Waals surface area contributed by atoms with E-state index in [9.17, 15) is 13.2 Å². The zero-order valence-corrected chi connectivity index (χ0v) is 13.4. The number of sulfone groups is 1. The van der Waals surface area contributed by atoms with E-state index in [4.69, 9.17) is 0 Å². The van der Waals surface area contributed by atoms with E-state index in [-0.39, 0.29) is 23.1 Å². The van der Waals surface area contributed by atoms with Crippen molar-refractivity contribution in [3.63, 3.8) is 0 Å². The predicted molar refractivity (Wildman–Crippen MR) is 86.1 cm³/mol. The topological polar surface area (TPSA) is 54.5 Å². The summed E-state index contributed by atoms with van der Waals surface area (Å²) in [4.78, 5) is 14.6. The minimum absolute atomic E-state index is 0.0411. The lowest BCUT2D eigenvalue weighted by Crippen LogP contribution is -2.39. The maximum absolute atomic E-state index is 12.8. The van der Waals surface area contributed by atoms with E-state index in [1.165, 1.54) is 0 Å². The van der Waals surface area contributed by atoms with Crippen LogP contribution in [0.2, 0.25) is 0 Å². The summed E-state index contributed by atoms with van der Waals surface area (Å²) in [7, 11) is -3.30. The monoisotopic (exact) mass is 315 g/mol. The minimum Gasteiger partial charge on any atom is -0.306 e. The Kier molecular flexibility index (Phi) is 3.53. The number of anilines is 1. The van der Waals surface area contributed by atoms with Crippen LogP contribution >= 0.6 is 0 Å². The molecule has 0 spiro atoms. The Morgan fingerprint density at radius 2 is 1.77 bits per heavy atom. The highest BCUT2D eigenvalue weighted by atomic mass is 32.2. The summed E-state index contributed by atoms with van der Waals surface area (Å²) in [5.74, 6) is -0.203. The molecule has 2 aromatic carbocycles. The number of hydrogen-bond acceptors (Lipinski definition) is 3. The van der Waals surface area contributed by atoms with Gasteiger partial charge in [-0.15, -0.1) is 0 Å². The van der Waals surface area contributed by atoms with Crippen molar-refractivity contribution in [1.29, 1.82) is 0 Å². The van der Waals surface area contributed by atoms with E-state index >= 15 is 0 Å². The number of para-hydroxylation sites is 1. The Balaban J connectivity index is 2.06. The molecule has 22 heavy (non-hydrogen) atoms. The third kappa shape index (κ3) is 2.41. The van der Waals surface area contributed by atoms with Gasteiger partial charge in [0, 0.05) is 12.1 Å². The van der Waals surface area contributed by atoms with Crippen LogP contribution in [0.15, 0.2) is 47.4 Å². The van der Waals surface area contributed by atoms with Crippen molar-refractivity contribution in [2.45, 2.75) is 18.7 Å². The number of aryl methyl sites for hydroxylation is 2. The van der Waals surface area contributed by atoms with Crippen molar-refractivity contribution < 1.29 is 13.2 Å². The molecule has 1 aliphatic heterocycles. The van der Waals surface area contributed by atoms with Gasteiger partial charge in [0.05, 0.1) is 16.3 Å². The molecule has 1 heterocycles. The largest absolute Gasteiger partial charge is 0.306 e. The van der Waals surface area contributed by atoms with Crippen LogP contribution in [0.5, 0.6) is 0 Å².